The van der Waals surface area contributed by atoms with Gasteiger partial charge in [-0.3, -0.25) is 0 Å². The summed E-state index contributed by atoms with van der Waals surface area (Å²) in [5.74, 6) is 0.395. The van der Waals surface area contributed by atoms with Crippen LogP contribution >= 0.6 is 0 Å². The summed E-state index contributed by atoms with van der Waals surface area (Å²) in [6, 6.07) is 11.2. The van der Waals surface area contributed by atoms with Gasteiger partial charge in [0.25, 0.3) is 0 Å². The molecule has 0 aliphatic heterocycles. The summed E-state index contributed by atoms with van der Waals surface area (Å²) in [4.78, 5) is 0. The summed E-state index contributed by atoms with van der Waals surface area (Å²) in [6.45, 7) is 11.6. The Morgan fingerprint density at radius 2 is 1.43 bits per heavy atom. The van der Waals surface area contributed by atoms with E-state index in [1.807, 2.05) is 0 Å². The third kappa shape index (κ3) is 3.54. The lowest BCUT2D eigenvalue weighted by atomic mass is 9.84. The average molecular weight is 281 g/mol. The maximum absolute atomic E-state index is 6.12. The van der Waals surface area contributed by atoms with Crippen LogP contribution in [0.2, 0.25) is 0 Å². The molecule has 21 heavy (non-hydrogen) atoms. The molecule has 1 unspecified atom stereocenters. The molecule has 0 bridgehead atoms. The molecular weight excluding hydrogens is 254 g/mol. The van der Waals surface area contributed by atoms with E-state index >= 15 is 0 Å². The number of nitrogens with two attached hydrogens (primary N) is 1. The number of hydrogen-bond acceptors (Lipinski definition) is 1. The second-order valence-corrected chi connectivity index (χ2v) is 6.38. The van der Waals surface area contributed by atoms with Crippen LogP contribution in [0, 0.1) is 34.6 Å². The minimum Gasteiger partial charge on any atom is -0.330 e. The van der Waals surface area contributed by atoms with Gasteiger partial charge >= 0.3 is 0 Å². The first-order valence-corrected chi connectivity index (χ1v) is 7.76. The zero-order valence-corrected chi connectivity index (χ0v) is 14.0. The van der Waals surface area contributed by atoms with Crippen LogP contribution in [-0.4, -0.2) is 6.54 Å². The van der Waals surface area contributed by atoms with Crippen LogP contribution in [0.1, 0.15) is 44.9 Å². The highest BCUT2D eigenvalue weighted by Gasteiger charge is 2.17. The molecule has 0 saturated heterocycles. The quantitative estimate of drug-likeness (QED) is 0.876. The molecule has 2 aromatic rings. The third-order valence-electron chi connectivity index (χ3n) is 4.40. The highest BCUT2D eigenvalue weighted by molar-refractivity contribution is 5.42. The van der Waals surface area contributed by atoms with E-state index in [1.165, 1.54) is 38.9 Å². The first-order chi connectivity index (χ1) is 9.92. The molecule has 0 aromatic heterocycles. The lowest BCUT2D eigenvalue weighted by Gasteiger charge is -2.22. The summed E-state index contributed by atoms with van der Waals surface area (Å²) in [6.07, 6.45) is 1.02. The van der Waals surface area contributed by atoms with E-state index in [-0.39, 0.29) is 0 Å². The molecule has 1 atom stereocenters. The number of benzene rings is 2. The van der Waals surface area contributed by atoms with Crippen molar-refractivity contribution in [2.75, 3.05) is 6.54 Å². The Kier molecular flexibility index (Phi) is 4.84. The highest BCUT2D eigenvalue weighted by Crippen LogP contribution is 2.28. The van der Waals surface area contributed by atoms with Crippen molar-refractivity contribution < 1.29 is 0 Å². The van der Waals surface area contributed by atoms with Gasteiger partial charge in [0, 0.05) is 5.92 Å². The molecule has 0 spiro atoms. The summed E-state index contributed by atoms with van der Waals surface area (Å²) >= 11 is 0. The minimum absolute atomic E-state index is 0.395. The normalized spacial score (nSPS) is 12.5. The van der Waals surface area contributed by atoms with E-state index in [0.29, 0.717) is 12.5 Å². The molecule has 0 radical (unpaired) electrons. The predicted octanol–water partition coefficient (Wildman–Crippen LogP) is 4.51. The molecule has 0 aliphatic rings. The van der Waals surface area contributed by atoms with Gasteiger partial charge in [-0.2, -0.15) is 0 Å². The monoisotopic (exact) mass is 281 g/mol. The summed E-state index contributed by atoms with van der Waals surface area (Å²) < 4.78 is 0. The Morgan fingerprint density at radius 1 is 0.810 bits per heavy atom. The van der Waals surface area contributed by atoms with Crippen LogP contribution in [0.5, 0.6) is 0 Å². The van der Waals surface area contributed by atoms with Gasteiger partial charge in [-0.15, -0.1) is 0 Å². The predicted molar refractivity (Wildman–Crippen MR) is 92.1 cm³/mol. The van der Waals surface area contributed by atoms with E-state index in [4.69, 9.17) is 5.73 Å². The maximum atomic E-state index is 6.12. The Morgan fingerprint density at radius 3 is 2.00 bits per heavy atom. The van der Waals surface area contributed by atoms with Gasteiger partial charge in [-0.25, -0.2) is 0 Å². The molecule has 0 saturated carbocycles. The Bertz CT molecular complexity index is 617. The molecule has 0 aliphatic carbocycles. The van der Waals surface area contributed by atoms with Crippen LogP contribution in [0.25, 0.3) is 0 Å². The SMILES string of the molecule is Cc1cc(C)c(C(CN)Cc2cc(C)ccc2C)c(C)c1. The minimum atomic E-state index is 0.395. The van der Waals surface area contributed by atoms with Crippen molar-refractivity contribution in [2.45, 2.75) is 47.0 Å². The number of rotatable bonds is 4. The van der Waals surface area contributed by atoms with Crippen molar-refractivity contribution in [1.82, 2.24) is 0 Å². The maximum Gasteiger partial charge on any atom is 0.000691 e. The van der Waals surface area contributed by atoms with Gasteiger partial charge < -0.3 is 5.73 Å². The number of aryl methyl sites for hydroxylation is 5. The molecular formula is C20H27N. The summed E-state index contributed by atoms with van der Waals surface area (Å²) in [5.41, 5.74) is 15.7. The Hall–Kier alpha value is -1.60. The Balaban J connectivity index is 2.39. The second-order valence-electron chi connectivity index (χ2n) is 6.38. The first kappa shape index (κ1) is 15.8. The van der Waals surface area contributed by atoms with Gasteiger partial charge in [0.15, 0.2) is 0 Å². The van der Waals surface area contributed by atoms with Crippen molar-refractivity contribution in [1.29, 1.82) is 0 Å². The van der Waals surface area contributed by atoms with E-state index in [9.17, 15) is 0 Å². The fourth-order valence-corrected chi connectivity index (χ4v) is 3.42. The van der Waals surface area contributed by atoms with Gasteiger partial charge in [0.05, 0.1) is 0 Å². The molecule has 2 aromatic carbocycles. The lowest BCUT2D eigenvalue weighted by molar-refractivity contribution is 0.682. The van der Waals surface area contributed by atoms with Crippen molar-refractivity contribution in [2.24, 2.45) is 5.73 Å². The van der Waals surface area contributed by atoms with Crippen molar-refractivity contribution >= 4 is 0 Å². The van der Waals surface area contributed by atoms with Crippen LogP contribution in [0.15, 0.2) is 30.3 Å². The molecule has 0 heterocycles. The van der Waals surface area contributed by atoms with Crippen molar-refractivity contribution in [3.63, 3.8) is 0 Å². The van der Waals surface area contributed by atoms with Gasteiger partial charge in [0.1, 0.15) is 0 Å². The standard InChI is InChI=1S/C20H27N/c1-13-6-7-15(3)18(10-13)11-19(12-21)20-16(4)8-14(2)9-17(20)5/h6-10,19H,11-12,21H2,1-5H3. The zero-order chi connectivity index (χ0) is 15.6. The molecule has 112 valence electrons. The van der Waals surface area contributed by atoms with Crippen LogP contribution in [0.3, 0.4) is 0 Å². The molecule has 1 heteroatoms. The van der Waals surface area contributed by atoms with E-state index < -0.39 is 0 Å². The van der Waals surface area contributed by atoms with Gasteiger partial charge in [-0.05, 0) is 75.4 Å². The van der Waals surface area contributed by atoms with E-state index in [0.717, 1.165) is 6.42 Å². The largest absolute Gasteiger partial charge is 0.330 e. The van der Waals surface area contributed by atoms with Crippen LogP contribution in [-0.2, 0) is 6.42 Å². The van der Waals surface area contributed by atoms with Gasteiger partial charge in [0.2, 0.25) is 0 Å². The molecule has 2 rings (SSSR count). The third-order valence-corrected chi connectivity index (χ3v) is 4.40. The molecule has 0 amide bonds. The average Bonchev–Trinajstić information content (AvgIpc) is 2.40. The molecule has 0 fully saturated rings. The number of hydrogen-bond donors (Lipinski definition) is 1. The first-order valence-electron chi connectivity index (χ1n) is 7.76. The smallest absolute Gasteiger partial charge is 0.000691 e. The van der Waals surface area contributed by atoms with Crippen molar-refractivity contribution in [3.8, 4) is 0 Å². The highest BCUT2D eigenvalue weighted by atomic mass is 14.5. The van der Waals surface area contributed by atoms with Crippen molar-refractivity contribution in [3.05, 3.63) is 69.3 Å². The molecule has 1 nitrogen and oxygen atoms in total. The topological polar surface area (TPSA) is 26.0 Å². The van der Waals surface area contributed by atoms with Crippen LogP contribution < -0.4 is 5.73 Å². The van der Waals surface area contributed by atoms with Gasteiger partial charge in [-0.1, -0.05) is 41.5 Å². The van der Waals surface area contributed by atoms with Crippen LogP contribution in [0.4, 0.5) is 0 Å². The summed E-state index contributed by atoms with van der Waals surface area (Å²) in [7, 11) is 0. The molecule has 2 N–H and O–H groups in total. The lowest BCUT2D eigenvalue weighted by Crippen LogP contribution is -2.18. The van der Waals surface area contributed by atoms with E-state index in [2.05, 4.69) is 65.0 Å². The van der Waals surface area contributed by atoms with E-state index in [1.54, 1.807) is 0 Å². The zero-order valence-electron chi connectivity index (χ0n) is 14.0. The second kappa shape index (κ2) is 6.44. The fourth-order valence-electron chi connectivity index (χ4n) is 3.42. The Labute approximate surface area is 129 Å². The fraction of sp³-hybridized carbons (Fsp3) is 0.400. The summed E-state index contributed by atoms with van der Waals surface area (Å²) in [5, 5.41) is 0.